The van der Waals surface area contributed by atoms with Crippen LogP contribution in [0.15, 0.2) is 18.2 Å². The van der Waals surface area contributed by atoms with Gasteiger partial charge in [0.15, 0.2) is 0 Å². The van der Waals surface area contributed by atoms with E-state index in [0.29, 0.717) is 5.41 Å². The van der Waals surface area contributed by atoms with Crippen LogP contribution < -0.4 is 0 Å². The van der Waals surface area contributed by atoms with E-state index < -0.39 is 0 Å². The van der Waals surface area contributed by atoms with Crippen LogP contribution in [0.3, 0.4) is 0 Å². The number of hydrogen-bond donors (Lipinski definition) is 1. The number of rotatable bonds is 1. The maximum atomic E-state index is 9.49. The Morgan fingerprint density at radius 2 is 2.09 bits per heavy atom. The van der Waals surface area contributed by atoms with Crippen LogP contribution in [0.1, 0.15) is 48.8 Å². The molecule has 1 aromatic carbocycles. The monoisotopic (exact) mass is 369 g/mol. The molecule has 1 saturated carbocycles. The summed E-state index contributed by atoms with van der Waals surface area (Å²) in [5.74, 6) is 0.844. The molecule has 2 bridgehead atoms. The Bertz CT molecular complexity index is 536. The molecule has 0 amide bonds. The highest BCUT2D eigenvalue weighted by Crippen LogP contribution is 2.55. The second kappa shape index (κ2) is 6.60. The van der Waals surface area contributed by atoms with Gasteiger partial charge in [0.1, 0.15) is 0 Å². The Hall–Kier alpha value is -0.420. The fourth-order valence-corrected chi connectivity index (χ4v) is 5.34. The SMILES string of the molecule is Br.CN1CC[C@@]23CCCC[C@@H]2[C@@H]1Cc1ccc(CO)cc13.O. The van der Waals surface area contributed by atoms with Gasteiger partial charge in [0.2, 0.25) is 0 Å². The zero-order chi connectivity index (χ0) is 13.7. The lowest BCUT2D eigenvalue weighted by Gasteiger charge is -2.58. The van der Waals surface area contributed by atoms with Gasteiger partial charge in [0.25, 0.3) is 0 Å². The summed E-state index contributed by atoms with van der Waals surface area (Å²) >= 11 is 0. The van der Waals surface area contributed by atoms with Crippen LogP contribution in [0.25, 0.3) is 0 Å². The number of likely N-dealkylation sites (N-methyl/N-ethyl adjacent to an activating group) is 1. The largest absolute Gasteiger partial charge is 0.412 e. The van der Waals surface area contributed by atoms with Crippen molar-refractivity contribution in [3.05, 3.63) is 34.9 Å². The molecule has 2 fully saturated rings. The Balaban J connectivity index is 0.000000882. The number of fused-ring (bicyclic) bond motifs is 1. The number of halogens is 1. The third-order valence-corrected chi connectivity index (χ3v) is 6.36. The average molecular weight is 370 g/mol. The molecule has 0 spiro atoms. The van der Waals surface area contributed by atoms with E-state index in [4.69, 9.17) is 0 Å². The third kappa shape index (κ3) is 2.44. The predicted molar refractivity (Wildman–Crippen MR) is 94.7 cm³/mol. The summed E-state index contributed by atoms with van der Waals surface area (Å²) < 4.78 is 0. The summed E-state index contributed by atoms with van der Waals surface area (Å²) in [5.41, 5.74) is 4.67. The molecule has 4 heteroatoms. The lowest BCUT2D eigenvalue weighted by Crippen LogP contribution is -2.59. The molecule has 2 aliphatic carbocycles. The van der Waals surface area contributed by atoms with E-state index in [1.807, 2.05) is 0 Å². The first-order chi connectivity index (χ1) is 9.74. The summed E-state index contributed by atoms with van der Waals surface area (Å²) in [4.78, 5) is 2.61. The first-order valence-electron chi connectivity index (χ1n) is 8.18. The molecule has 4 rings (SSSR count). The van der Waals surface area contributed by atoms with Crippen LogP contribution in [0.2, 0.25) is 0 Å². The standard InChI is InChI=1S/C18H25NO.BrH.H2O/c1-19-9-8-18-7-3-2-4-15(18)17(19)11-14-6-5-13(12-20)10-16(14)18;;/h5-6,10,15,17,20H,2-4,7-9,11-12H2,1H3;1H;1H2/t15-,17+,18+;;/m1../s1. The van der Waals surface area contributed by atoms with Gasteiger partial charge >= 0.3 is 0 Å². The van der Waals surface area contributed by atoms with E-state index in [1.165, 1.54) is 45.1 Å². The average Bonchev–Trinajstić information content (AvgIpc) is 2.50. The first-order valence-corrected chi connectivity index (χ1v) is 8.18. The van der Waals surface area contributed by atoms with Gasteiger partial charge in [-0.3, -0.25) is 0 Å². The van der Waals surface area contributed by atoms with Gasteiger partial charge in [-0.2, -0.15) is 0 Å². The van der Waals surface area contributed by atoms with Gasteiger partial charge in [-0.1, -0.05) is 31.0 Å². The molecule has 3 N–H and O–H groups in total. The minimum atomic E-state index is 0. The number of benzene rings is 1. The molecule has 1 aliphatic heterocycles. The normalized spacial score (nSPS) is 33.0. The maximum absolute atomic E-state index is 9.49. The highest BCUT2D eigenvalue weighted by molar-refractivity contribution is 8.93. The Morgan fingerprint density at radius 1 is 1.27 bits per heavy atom. The summed E-state index contributed by atoms with van der Waals surface area (Å²) in [6.07, 6.45) is 8.08. The van der Waals surface area contributed by atoms with Crippen LogP contribution in [-0.2, 0) is 18.4 Å². The first kappa shape index (κ1) is 17.9. The topological polar surface area (TPSA) is 55.0 Å². The molecule has 3 atom stereocenters. The van der Waals surface area contributed by atoms with E-state index >= 15 is 0 Å². The lowest BCUT2D eigenvalue weighted by atomic mass is 9.52. The fraction of sp³-hybridized carbons (Fsp3) is 0.667. The fourth-order valence-electron chi connectivity index (χ4n) is 5.34. The summed E-state index contributed by atoms with van der Waals surface area (Å²) in [6, 6.07) is 7.49. The minimum Gasteiger partial charge on any atom is -0.412 e. The molecular weight excluding hydrogens is 342 g/mol. The number of hydrogen-bond acceptors (Lipinski definition) is 2. The van der Waals surface area contributed by atoms with E-state index in [1.54, 1.807) is 11.1 Å². The predicted octanol–water partition coefficient (Wildman–Crippen LogP) is 2.62. The second-order valence-corrected chi connectivity index (χ2v) is 7.16. The van der Waals surface area contributed by atoms with Crippen molar-refractivity contribution in [2.24, 2.45) is 5.92 Å². The molecule has 1 saturated heterocycles. The molecule has 0 aromatic heterocycles. The van der Waals surface area contributed by atoms with E-state index in [0.717, 1.165) is 17.5 Å². The Kier molecular flexibility index (Phi) is 5.38. The van der Waals surface area contributed by atoms with Crippen LogP contribution in [0.4, 0.5) is 0 Å². The number of nitrogens with zero attached hydrogens (tertiary/aromatic N) is 1. The minimum absolute atomic E-state index is 0. The van der Waals surface area contributed by atoms with Crippen molar-refractivity contribution in [3.63, 3.8) is 0 Å². The highest BCUT2D eigenvalue weighted by atomic mass is 79.9. The van der Waals surface area contributed by atoms with Crippen molar-refractivity contribution in [3.8, 4) is 0 Å². The van der Waals surface area contributed by atoms with E-state index in [9.17, 15) is 5.11 Å². The molecule has 0 radical (unpaired) electrons. The molecule has 124 valence electrons. The molecule has 1 heterocycles. The smallest absolute Gasteiger partial charge is 0.0681 e. The second-order valence-electron chi connectivity index (χ2n) is 7.16. The molecule has 3 aliphatic rings. The van der Waals surface area contributed by atoms with Crippen molar-refractivity contribution >= 4 is 17.0 Å². The maximum Gasteiger partial charge on any atom is 0.0681 e. The van der Waals surface area contributed by atoms with Gasteiger partial charge in [0.05, 0.1) is 6.61 Å². The summed E-state index contributed by atoms with van der Waals surface area (Å²) in [5, 5.41) is 9.49. The molecule has 1 aromatic rings. The van der Waals surface area contributed by atoms with Gasteiger partial charge in [-0.15, -0.1) is 17.0 Å². The number of aliphatic hydroxyl groups excluding tert-OH is 1. The van der Waals surface area contributed by atoms with Crippen molar-refractivity contribution in [1.82, 2.24) is 4.90 Å². The number of aliphatic hydroxyl groups is 1. The van der Waals surface area contributed by atoms with Crippen LogP contribution in [0.5, 0.6) is 0 Å². The van der Waals surface area contributed by atoms with Gasteiger partial charge in [0, 0.05) is 11.5 Å². The van der Waals surface area contributed by atoms with Crippen LogP contribution in [-0.4, -0.2) is 35.1 Å². The van der Waals surface area contributed by atoms with Gasteiger partial charge in [-0.05, 0) is 61.9 Å². The van der Waals surface area contributed by atoms with E-state index in [2.05, 4.69) is 30.1 Å². The summed E-state index contributed by atoms with van der Waals surface area (Å²) in [6.45, 7) is 1.42. The summed E-state index contributed by atoms with van der Waals surface area (Å²) in [7, 11) is 2.32. The zero-order valence-corrected chi connectivity index (χ0v) is 15.1. The Morgan fingerprint density at radius 3 is 2.86 bits per heavy atom. The van der Waals surface area contributed by atoms with Crippen LogP contribution >= 0.6 is 17.0 Å². The van der Waals surface area contributed by atoms with Crippen molar-refractivity contribution in [1.29, 1.82) is 0 Å². The van der Waals surface area contributed by atoms with Crippen LogP contribution in [0, 0.1) is 5.92 Å². The van der Waals surface area contributed by atoms with Crippen molar-refractivity contribution in [2.45, 2.75) is 56.6 Å². The van der Waals surface area contributed by atoms with Gasteiger partial charge in [-0.25, -0.2) is 0 Å². The number of piperidine rings is 1. The highest BCUT2D eigenvalue weighted by Gasteiger charge is 2.52. The molecular formula is C18H28BrNO2. The van der Waals surface area contributed by atoms with Crippen molar-refractivity contribution in [2.75, 3.05) is 13.6 Å². The Labute approximate surface area is 143 Å². The molecule has 3 nitrogen and oxygen atoms in total. The van der Waals surface area contributed by atoms with Gasteiger partial charge < -0.3 is 15.5 Å². The third-order valence-electron chi connectivity index (χ3n) is 6.36. The quantitative estimate of drug-likeness (QED) is 0.826. The van der Waals surface area contributed by atoms with Crippen molar-refractivity contribution < 1.29 is 10.6 Å². The molecule has 0 unspecified atom stereocenters. The van der Waals surface area contributed by atoms with E-state index in [-0.39, 0.29) is 29.1 Å². The zero-order valence-electron chi connectivity index (χ0n) is 13.3. The lowest BCUT2D eigenvalue weighted by molar-refractivity contribution is 0.00276. The number of likely N-dealkylation sites (tertiary alicyclic amines) is 1. The molecule has 22 heavy (non-hydrogen) atoms.